The molecular formula is C58H86N14O12. The molecule has 9 atom stereocenters. The largest absolute Gasteiger partial charge is 0.489 e. The zero-order valence-corrected chi connectivity index (χ0v) is 48.7. The molecule has 2 saturated heterocycles. The lowest BCUT2D eigenvalue weighted by Crippen LogP contribution is -2.61. The number of carbonyl (C=O) groups is 9. The van der Waals surface area contributed by atoms with E-state index < -0.39 is 114 Å². The van der Waals surface area contributed by atoms with Gasteiger partial charge in [0, 0.05) is 44.4 Å². The quantitative estimate of drug-likeness (QED) is 0.0217. The van der Waals surface area contributed by atoms with Crippen LogP contribution in [0.2, 0.25) is 0 Å². The van der Waals surface area contributed by atoms with Gasteiger partial charge in [-0.1, -0.05) is 89.9 Å². The standard InChI is InChI=1S/C58H86N14O12/c1-6-7-16-40(59)55(80)71-25-12-18-46(71)53(78)67-42(27-34(2)3)50(75)66-43(29-38-30-62-33-64-38)51(76)69-45(31-73)52(77)65-41(17-11-24-63-58(60)61)49(74)70-48(35(4)5)56(81)72-26-13-19-47(72)54(79)68-44(57(82)83)28-36-20-22-39(23-21-36)84-32-37-14-9-8-10-15-37/h8-10,14-15,20-23,30,33-35,40-48,73H,6-7,11-13,16-19,24-29,31-32,59H2,1-5H3,(H,62,64)(H,65,77)(H,66,75)(H,67,78)(H,68,79)(H,69,76)(H,70,74)(H,82,83)(H4,60,61,63)/t40-,41-,42-,43-,44-,45-,46-,47-,48-/m0/s1. The van der Waals surface area contributed by atoms with Crippen molar-refractivity contribution >= 4 is 59.2 Å². The van der Waals surface area contributed by atoms with Crippen LogP contribution in [-0.2, 0) is 62.6 Å². The number of amides is 8. The van der Waals surface area contributed by atoms with Gasteiger partial charge in [-0.3, -0.25) is 43.3 Å². The number of hydrogen-bond acceptors (Lipinski definition) is 14. The Hall–Kier alpha value is -8.13. The minimum atomic E-state index is -1.70. The second kappa shape index (κ2) is 33.2. The van der Waals surface area contributed by atoms with Gasteiger partial charge in [0.2, 0.25) is 47.3 Å². The van der Waals surface area contributed by atoms with E-state index in [1.807, 2.05) is 51.1 Å². The van der Waals surface area contributed by atoms with Crippen LogP contribution in [0.15, 0.2) is 72.1 Å². The van der Waals surface area contributed by atoms with Crippen molar-refractivity contribution in [1.82, 2.24) is 51.7 Å². The van der Waals surface area contributed by atoms with Gasteiger partial charge in [-0.05, 0) is 86.5 Å². The summed E-state index contributed by atoms with van der Waals surface area (Å²) in [6, 6.07) is 5.41. The maximum absolute atomic E-state index is 14.4. The van der Waals surface area contributed by atoms with Gasteiger partial charge >= 0.3 is 5.97 Å². The summed E-state index contributed by atoms with van der Waals surface area (Å²) in [6.45, 7) is 8.87. The molecule has 0 unspecified atom stereocenters. The lowest BCUT2D eigenvalue weighted by atomic mass is 10.0. The molecule has 1 aromatic heterocycles. The summed E-state index contributed by atoms with van der Waals surface area (Å²) in [7, 11) is 0. The van der Waals surface area contributed by atoms with Gasteiger partial charge in [0.1, 0.15) is 60.7 Å². The Morgan fingerprint density at radius 2 is 1.29 bits per heavy atom. The topological polar surface area (TPSA) is 401 Å². The van der Waals surface area contributed by atoms with Crippen molar-refractivity contribution in [2.24, 2.45) is 34.0 Å². The molecule has 2 aliphatic rings. The number of rotatable bonds is 33. The van der Waals surface area contributed by atoms with E-state index in [9.17, 15) is 53.4 Å². The number of carboxylic acid groups (broad SMARTS) is 1. The normalized spacial score (nSPS) is 17.4. The van der Waals surface area contributed by atoms with E-state index in [2.05, 4.69) is 46.9 Å². The van der Waals surface area contributed by atoms with Gasteiger partial charge in [-0.25, -0.2) is 9.78 Å². The maximum atomic E-state index is 14.4. The molecule has 0 bridgehead atoms. The van der Waals surface area contributed by atoms with Crippen LogP contribution in [0.5, 0.6) is 5.75 Å². The SMILES string of the molecule is CCCC[C@H](N)C(=O)N1CCC[C@H]1C(=O)N[C@@H](CC(C)C)C(=O)N[C@@H](Cc1cnc[nH]1)C(=O)N[C@@H](CO)C(=O)N[C@@H](CCCN=C(N)N)C(=O)N[C@H](C(=O)N1CCC[C@H]1C(=O)N[C@@H](Cc1ccc(OCc2ccccc2)cc1)C(=O)O)C(C)C. The number of nitrogens with two attached hydrogens (primary N) is 3. The van der Waals surface area contributed by atoms with E-state index in [0.717, 1.165) is 18.4 Å². The molecule has 2 aliphatic heterocycles. The number of unbranched alkanes of at least 4 members (excludes halogenated alkanes) is 1. The van der Waals surface area contributed by atoms with Crippen LogP contribution in [-0.4, -0.2) is 170 Å². The van der Waals surface area contributed by atoms with Crippen LogP contribution < -0.4 is 53.8 Å². The number of imidazole rings is 1. The van der Waals surface area contributed by atoms with Gasteiger partial charge in [-0.2, -0.15) is 0 Å². The number of aliphatic imine (C=N–C) groups is 1. The fraction of sp³-hybridized carbons (Fsp3) is 0.569. The minimum Gasteiger partial charge on any atom is -0.489 e. The second-order valence-corrected chi connectivity index (χ2v) is 22.2. The summed E-state index contributed by atoms with van der Waals surface area (Å²) >= 11 is 0. The average molecular weight is 1170 g/mol. The number of H-pyrrole nitrogens is 1. The van der Waals surface area contributed by atoms with Crippen LogP contribution >= 0.6 is 0 Å². The molecule has 3 aromatic rings. The molecule has 0 radical (unpaired) electrons. The molecule has 8 amide bonds. The first-order valence-corrected chi connectivity index (χ1v) is 28.9. The molecule has 84 heavy (non-hydrogen) atoms. The summed E-state index contributed by atoms with van der Waals surface area (Å²) in [5, 5.41) is 36.7. The summed E-state index contributed by atoms with van der Waals surface area (Å²) in [5.74, 6) is -7.36. The van der Waals surface area contributed by atoms with E-state index in [4.69, 9.17) is 21.9 Å². The monoisotopic (exact) mass is 1170 g/mol. The Balaban J connectivity index is 1.26. The molecule has 5 rings (SSSR count). The summed E-state index contributed by atoms with van der Waals surface area (Å²) in [6.07, 6.45) is 6.31. The maximum Gasteiger partial charge on any atom is 0.326 e. The Morgan fingerprint density at radius 1 is 0.702 bits per heavy atom. The number of guanidine groups is 1. The number of aliphatic hydroxyl groups excluding tert-OH is 1. The van der Waals surface area contributed by atoms with Gasteiger partial charge in [0.05, 0.1) is 19.0 Å². The third-order valence-corrected chi connectivity index (χ3v) is 14.7. The van der Waals surface area contributed by atoms with Crippen molar-refractivity contribution in [1.29, 1.82) is 0 Å². The number of aliphatic hydroxyl groups is 1. The van der Waals surface area contributed by atoms with Crippen molar-refractivity contribution in [2.75, 3.05) is 26.2 Å². The Kier molecular flexibility index (Phi) is 26.4. The third-order valence-electron chi connectivity index (χ3n) is 14.7. The number of aromatic nitrogens is 2. The van der Waals surface area contributed by atoms with Crippen molar-refractivity contribution in [2.45, 2.75) is 173 Å². The average Bonchev–Trinajstić information content (AvgIpc) is 4.47. The summed E-state index contributed by atoms with van der Waals surface area (Å²) < 4.78 is 5.85. The molecule has 0 saturated carbocycles. The first kappa shape index (κ1) is 66.7. The van der Waals surface area contributed by atoms with E-state index in [0.29, 0.717) is 55.8 Å². The third kappa shape index (κ3) is 20.3. The molecule has 2 aromatic carbocycles. The Morgan fingerprint density at radius 3 is 1.86 bits per heavy atom. The van der Waals surface area contributed by atoms with Crippen molar-refractivity contribution in [3.63, 3.8) is 0 Å². The van der Waals surface area contributed by atoms with E-state index >= 15 is 0 Å². The first-order valence-electron chi connectivity index (χ1n) is 28.9. The molecule has 2 fully saturated rings. The van der Waals surface area contributed by atoms with Gasteiger partial charge in [0.25, 0.3) is 0 Å². The fourth-order valence-corrected chi connectivity index (χ4v) is 10.1. The molecular weight excluding hydrogens is 1080 g/mol. The Labute approximate surface area is 490 Å². The zero-order chi connectivity index (χ0) is 61.5. The highest BCUT2D eigenvalue weighted by molar-refractivity contribution is 5.98. The number of likely N-dealkylation sites (tertiary alicyclic amines) is 2. The molecule has 26 heteroatoms. The second-order valence-electron chi connectivity index (χ2n) is 22.2. The number of nitrogens with one attached hydrogen (secondary N) is 7. The minimum absolute atomic E-state index is 0.0303. The summed E-state index contributed by atoms with van der Waals surface area (Å²) in [4.78, 5) is 138. The highest BCUT2D eigenvalue weighted by Crippen LogP contribution is 2.23. The number of benzene rings is 2. The van der Waals surface area contributed by atoms with Crippen molar-refractivity contribution in [3.05, 3.63) is 83.9 Å². The summed E-state index contributed by atoms with van der Waals surface area (Å²) in [5.41, 5.74) is 19.3. The number of aromatic amines is 1. The predicted molar refractivity (Wildman–Crippen MR) is 311 cm³/mol. The number of nitrogens with zero attached hydrogens (tertiary/aromatic N) is 4. The zero-order valence-electron chi connectivity index (χ0n) is 48.7. The van der Waals surface area contributed by atoms with Crippen LogP contribution in [0.4, 0.5) is 0 Å². The van der Waals surface area contributed by atoms with Gasteiger partial charge < -0.3 is 78.8 Å². The molecule has 3 heterocycles. The molecule has 26 nitrogen and oxygen atoms in total. The first-order chi connectivity index (χ1) is 40.1. The number of hydrogen-bond donors (Lipinski definition) is 12. The van der Waals surface area contributed by atoms with E-state index in [-0.39, 0.29) is 69.4 Å². The van der Waals surface area contributed by atoms with Gasteiger partial charge in [0.15, 0.2) is 5.96 Å². The van der Waals surface area contributed by atoms with E-state index in [1.165, 1.54) is 22.3 Å². The molecule has 460 valence electrons. The number of carboxylic acids is 1. The fourth-order valence-electron chi connectivity index (χ4n) is 10.1. The number of aliphatic carboxylic acids is 1. The highest BCUT2D eigenvalue weighted by Gasteiger charge is 2.42. The predicted octanol–water partition coefficient (Wildman–Crippen LogP) is 0.0148. The highest BCUT2D eigenvalue weighted by atomic mass is 16.5. The number of carbonyl (C=O) groups excluding carboxylic acids is 8. The lowest BCUT2D eigenvalue weighted by Gasteiger charge is -2.32. The van der Waals surface area contributed by atoms with Crippen LogP contribution in [0.25, 0.3) is 0 Å². The smallest absolute Gasteiger partial charge is 0.326 e. The lowest BCUT2D eigenvalue weighted by molar-refractivity contribution is -0.145. The Bertz CT molecular complexity index is 2690. The van der Waals surface area contributed by atoms with Gasteiger partial charge in [-0.15, -0.1) is 0 Å². The van der Waals surface area contributed by atoms with E-state index in [1.54, 1.807) is 38.1 Å². The van der Waals surface area contributed by atoms with Crippen LogP contribution in [0, 0.1) is 11.8 Å². The molecule has 15 N–H and O–H groups in total. The molecule has 0 spiro atoms. The number of ether oxygens (including phenoxy) is 1. The van der Waals surface area contributed by atoms with Crippen LogP contribution in [0.1, 0.15) is 116 Å². The van der Waals surface area contributed by atoms with Crippen molar-refractivity contribution < 1.29 is 58.1 Å². The van der Waals surface area contributed by atoms with Crippen molar-refractivity contribution in [3.8, 4) is 5.75 Å². The van der Waals surface area contributed by atoms with Crippen LogP contribution in [0.3, 0.4) is 0 Å². The molecule has 0 aliphatic carbocycles.